The van der Waals surface area contributed by atoms with E-state index in [9.17, 15) is 9.18 Å². The number of fused-ring (bicyclic) bond motifs is 1. The van der Waals surface area contributed by atoms with Gasteiger partial charge in [0.05, 0.1) is 6.10 Å². The van der Waals surface area contributed by atoms with Crippen molar-refractivity contribution in [2.45, 2.75) is 18.9 Å². The monoisotopic (exact) mass is 345 g/mol. The molecule has 1 aliphatic heterocycles. The van der Waals surface area contributed by atoms with Crippen LogP contribution in [0.25, 0.3) is 10.9 Å². The number of benzene rings is 1. The minimum Gasteiger partial charge on any atom is -0.376 e. The van der Waals surface area contributed by atoms with Crippen LogP contribution in [0, 0.1) is 5.82 Å². The van der Waals surface area contributed by atoms with Crippen LogP contribution in [0.5, 0.6) is 0 Å². The highest BCUT2D eigenvalue weighted by atomic mass is 19.1. The molecule has 2 aromatic rings. The zero-order valence-electron chi connectivity index (χ0n) is 14.7. The summed E-state index contributed by atoms with van der Waals surface area (Å²) in [5.41, 5.74) is 0.507. The number of ether oxygens (including phenoxy) is 1. The van der Waals surface area contributed by atoms with Crippen molar-refractivity contribution in [1.29, 1.82) is 0 Å². The van der Waals surface area contributed by atoms with Gasteiger partial charge in [0.1, 0.15) is 17.0 Å². The lowest BCUT2D eigenvalue weighted by molar-refractivity contribution is 0.0508. The van der Waals surface area contributed by atoms with Crippen molar-refractivity contribution in [2.75, 3.05) is 40.3 Å². The van der Waals surface area contributed by atoms with Crippen molar-refractivity contribution < 1.29 is 13.9 Å². The first-order valence-corrected chi connectivity index (χ1v) is 8.65. The summed E-state index contributed by atoms with van der Waals surface area (Å²) in [6.45, 7) is 2.63. The van der Waals surface area contributed by atoms with Gasteiger partial charge in [0.15, 0.2) is 0 Å². The second-order valence-electron chi connectivity index (χ2n) is 6.70. The van der Waals surface area contributed by atoms with Gasteiger partial charge in [0.25, 0.3) is 5.91 Å². The normalized spacial score (nSPS) is 17.4. The molecule has 0 saturated carbocycles. The van der Waals surface area contributed by atoms with Crippen LogP contribution in [0.1, 0.15) is 23.3 Å². The average Bonchev–Trinajstić information content (AvgIpc) is 3.11. The SMILES string of the molecule is CN(C)CCN(C[C@H]1CCCO1)C(=O)c1ccc2cccc(F)c2n1. The number of para-hydroxylation sites is 1. The first-order chi connectivity index (χ1) is 12.0. The van der Waals surface area contributed by atoms with Crippen LogP contribution in [0.15, 0.2) is 30.3 Å². The molecule has 0 aliphatic carbocycles. The summed E-state index contributed by atoms with van der Waals surface area (Å²) in [4.78, 5) is 21.0. The maximum atomic E-state index is 14.0. The van der Waals surface area contributed by atoms with E-state index in [1.807, 2.05) is 19.0 Å². The van der Waals surface area contributed by atoms with Gasteiger partial charge in [-0.2, -0.15) is 0 Å². The summed E-state index contributed by atoms with van der Waals surface area (Å²) < 4.78 is 19.7. The smallest absolute Gasteiger partial charge is 0.272 e. The molecule has 1 fully saturated rings. The molecule has 2 heterocycles. The van der Waals surface area contributed by atoms with Crippen molar-refractivity contribution in [3.63, 3.8) is 0 Å². The third-order valence-electron chi connectivity index (χ3n) is 4.44. The van der Waals surface area contributed by atoms with Gasteiger partial charge in [-0.1, -0.05) is 18.2 Å². The molecular weight excluding hydrogens is 321 g/mol. The maximum absolute atomic E-state index is 14.0. The van der Waals surface area contributed by atoms with Crippen LogP contribution in [0.2, 0.25) is 0 Å². The van der Waals surface area contributed by atoms with Crippen LogP contribution in [-0.2, 0) is 4.74 Å². The Labute approximate surface area is 147 Å². The quantitative estimate of drug-likeness (QED) is 0.807. The summed E-state index contributed by atoms with van der Waals surface area (Å²) in [5, 5.41) is 0.690. The average molecular weight is 345 g/mol. The zero-order chi connectivity index (χ0) is 17.8. The van der Waals surface area contributed by atoms with E-state index < -0.39 is 5.82 Å². The number of nitrogens with zero attached hydrogens (tertiary/aromatic N) is 3. The lowest BCUT2D eigenvalue weighted by atomic mass is 10.1. The van der Waals surface area contributed by atoms with E-state index in [2.05, 4.69) is 4.98 Å². The van der Waals surface area contributed by atoms with E-state index in [0.717, 1.165) is 26.0 Å². The van der Waals surface area contributed by atoms with E-state index in [-0.39, 0.29) is 23.2 Å². The minimum atomic E-state index is -0.411. The van der Waals surface area contributed by atoms with Gasteiger partial charge in [0, 0.05) is 31.6 Å². The van der Waals surface area contributed by atoms with Crippen LogP contribution in [0.4, 0.5) is 4.39 Å². The molecule has 0 N–H and O–H groups in total. The van der Waals surface area contributed by atoms with E-state index in [0.29, 0.717) is 18.5 Å². The van der Waals surface area contributed by atoms with Crippen LogP contribution in [-0.4, -0.2) is 67.1 Å². The molecule has 25 heavy (non-hydrogen) atoms. The fourth-order valence-corrected chi connectivity index (χ4v) is 3.02. The van der Waals surface area contributed by atoms with Crippen LogP contribution in [0.3, 0.4) is 0 Å². The number of halogens is 1. The summed E-state index contributed by atoms with van der Waals surface area (Å²) in [6.07, 6.45) is 2.06. The number of likely N-dealkylation sites (N-methyl/N-ethyl adjacent to an activating group) is 1. The lowest BCUT2D eigenvalue weighted by Gasteiger charge is -2.26. The Kier molecular flexibility index (Phi) is 5.60. The molecule has 1 atom stereocenters. The molecule has 1 aromatic carbocycles. The first kappa shape index (κ1) is 17.8. The van der Waals surface area contributed by atoms with Gasteiger partial charge in [-0.05, 0) is 39.1 Å². The molecule has 0 spiro atoms. The Morgan fingerprint density at radius 3 is 2.84 bits per heavy atom. The van der Waals surface area contributed by atoms with Gasteiger partial charge < -0.3 is 14.5 Å². The molecule has 6 heteroatoms. The topological polar surface area (TPSA) is 45.7 Å². The molecule has 1 amide bonds. The summed E-state index contributed by atoms with van der Waals surface area (Å²) in [6, 6.07) is 8.20. The highest BCUT2D eigenvalue weighted by Gasteiger charge is 2.24. The van der Waals surface area contributed by atoms with Gasteiger partial charge >= 0.3 is 0 Å². The summed E-state index contributed by atoms with van der Waals surface area (Å²) >= 11 is 0. The molecule has 1 aromatic heterocycles. The number of amides is 1. The second kappa shape index (κ2) is 7.89. The fourth-order valence-electron chi connectivity index (χ4n) is 3.02. The molecule has 134 valence electrons. The van der Waals surface area contributed by atoms with Crippen molar-refractivity contribution in [3.05, 3.63) is 41.8 Å². The third-order valence-corrected chi connectivity index (χ3v) is 4.44. The number of aromatic nitrogens is 1. The number of carbonyl (C=O) groups excluding carboxylic acids is 1. The molecule has 1 aliphatic rings. The predicted molar refractivity (Wildman–Crippen MR) is 95.1 cm³/mol. The molecule has 0 radical (unpaired) electrons. The number of carbonyl (C=O) groups is 1. The lowest BCUT2D eigenvalue weighted by Crippen LogP contribution is -2.41. The highest BCUT2D eigenvalue weighted by Crippen LogP contribution is 2.18. The Morgan fingerprint density at radius 1 is 1.28 bits per heavy atom. The van der Waals surface area contributed by atoms with E-state index in [4.69, 9.17) is 4.74 Å². The van der Waals surface area contributed by atoms with Crippen LogP contribution >= 0.6 is 0 Å². The van der Waals surface area contributed by atoms with Gasteiger partial charge in [0.2, 0.25) is 0 Å². The minimum absolute atomic E-state index is 0.0725. The number of hydrogen-bond acceptors (Lipinski definition) is 4. The first-order valence-electron chi connectivity index (χ1n) is 8.65. The van der Waals surface area contributed by atoms with Crippen molar-refractivity contribution >= 4 is 16.8 Å². The van der Waals surface area contributed by atoms with E-state index >= 15 is 0 Å². The molecule has 0 bridgehead atoms. The maximum Gasteiger partial charge on any atom is 0.272 e. The Bertz CT molecular complexity index is 745. The Hall–Kier alpha value is -2.05. The van der Waals surface area contributed by atoms with Gasteiger partial charge in [-0.15, -0.1) is 0 Å². The third kappa shape index (κ3) is 4.32. The molecule has 0 unspecified atom stereocenters. The Balaban J connectivity index is 1.83. The fraction of sp³-hybridized carbons (Fsp3) is 0.474. The van der Waals surface area contributed by atoms with E-state index in [1.165, 1.54) is 6.07 Å². The molecule has 3 rings (SSSR count). The number of hydrogen-bond donors (Lipinski definition) is 0. The second-order valence-corrected chi connectivity index (χ2v) is 6.70. The van der Waals surface area contributed by atoms with Crippen molar-refractivity contribution in [3.8, 4) is 0 Å². The molecule has 1 saturated heterocycles. The number of pyridine rings is 1. The number of rotatable bonds is 6. The largest absolute Gasteiger partial charge is 0.376 e. The highest BCUT2D eigenvalue weighted by molar-refractivity contribution is 5.95. The van der Waals surface area contributed by atoms with Gasteiger partial charge in [-0.3, -0.25) is 4.79 Å². The summed E-state index contributed by atoms with van der Waals surface area (Å²) in [5.74, 6) is -0.589. The van der Waals surface area contributed by atoms with Crippen molar-refractivity contribution in [1.82, 2.24) is 14.8 Å². The van der Waals surface area contributed by atoms with E-state index in [1.54, 1.807) is 29.2 Å². The van der Waals surface area contributed by atoms with Crippen LogP contribution < -0.4 is 0 Å². The Morgan fingerprint density at radius 2 is 2.12 bits per heavy atom. The molecular formula is C19H24FN3O2. The zero-order valence-corrected chi connectivity index (χ0v) is 14.7. The standard InChI is InChI=1S/C19H24FN3O2/c1-22(2)10-11-23(13-15-6-4-12-25-15)19(24)17-9-8-14-5-3-7-16(20)18(14)21-17/h3,5,7-9,15H,4,6,10-13H2,1-2H3/t15-/m1/s1. The summed E-state index contributed by atoms with van der Waals surface area (Å²) in [7, 11) is 3.94. The van der Waals surface area contributed by atoms with Gasteiger partial charge in [-0.25, -0.2) is 9.37 Å². The molecule has 5 nitrogen and oxygen atoms in total. The van der Waals surface area contributed by atoms with Crippen molar-refractivity contribution in [2.24, 2.45) is 0 Å². The predicted octanol–water partition coefficient (Wildman–Crippen LogP) is 2.56.